The van der Waals surface area contributed by atoms with Crippen LogP contribution >= 0.6 is 0 Å². The van der Waals surface area contributed by atoms with E-state index in [9.17, 15) is 13.6 Å². The molecule has 0 aliphatic rings. The Hall–Kier alpha value is -3.29. The number of rotatable bonds is 6. The fourth-order valence-corrected chi connectivity index (χ4v) is 2.22. The van der Waals surface area contributed by atoms with Gasteiger partial charge in [0.15, 0.2) is 11.5 Å². The van der Waals surface area contributed by atoms with Gasteiger partial charge in [0.05, 0.1) is 6.54 Å². The molecule has 0 atom stereocenters. The molecule has 0 fully saturated rings. The first kappa shape index (κ1) is 16.6. The van der Waals surface area contributed by atoms with E-state index in [2.05, 4.69) is 20.3 Å². The molecule has 1 amide bonds. The number of nitrogens with one attached hydrogen (secondary N) is 1. The molecule has 0 aliphatic heterocycles. The van der Waals surface area contributed by atoms with Crippen molar-refractivity contribution in [2.45, 2.75) is 13.2 Å². The Kier molecular flexibility index (Phi) is 4.98. The van der Waals surface area contributed by atoms with Gasteiger partial charge in [-0.05, 0) is 24.3 Å². The van der Waals surface area contributed by atoms with Gasteiger partial charge < -0.3 is 10.1 Å². The molecule has 0 radical (unpaired) electrons. The largest absolute Gasteiger partial charge is 0.434 e. The van der Waals surface area contributed by atoms with Crippen molar-refractivity contribution in [3.63, 3.8) is 0 Å². The van der Waals surface area contributed by atoms with E-state index in [1.807, 2.05) is 12.1 Å². The highest BCUT2D eigenvalue weighted by molar-refractivity contribution is 5.92. The Balaban J connectivity index is 1.64. The van der Waals surface area contributed by atoms with Crippen LogP contribution in [0.15, 0.2) is 54.7 Å². The van der Waals surface area contributed by atoms with Crippen LogP contribution in [-0.2, 0) is 11.3 Å². The van der Waals surface area contributed by atoms with E-state index in [0.717, 1.165) is 0 Å². The molecule has 0 aliphatic carbocycles. The number of fused-ring (bicyclic) bond motifs is 1. The van der Waals surface area contributed by atoms with Gasteiger partial charge in [0.1, 0.15) is 5.75 Å². The number of hydrogen-bond donors (Lipinski definition) is 1. The Morgan fingerprint density at radius 1 is 1.20 bits per heavy atom. The van der Waals surface area contributed by atoms with Gasteiger partial charge in [0.2, 0.25) is 5.91 Å². The van der Waals surface area contributed by atoms with Crippen LogP contribution in [-0.4, -0.2) is 27.1 Å². The number of pyridine rings is 1. The van der Waals surface area contributed by atoms with Crippen molar-refractivity contribution in [3.05, 3.63) is 66.1 Å². The molecule has 6 nitrogen and oxygen atoms in total. The molecule has 2 heterocycles. The summed E-state index contributed by atoms with van der Waals surface area (Å²) in [6.07, 6.45) is 4.45. The number of hydrogen-bond acceptors (Lipinski definition) is 4. The molecule has 0 unspecified atom stereocenters. The van der Waals surface area contributed by atoms with Crippen LogP contribution in [0.5, 0.6) is 5.75 Å². The van der Waals surface area contributed by atoms with Crippen molar-refractivity contribution in [3.8, 4) is 5.75 Å². The third-order valence-electron chi connectivity index (χ3n) is 3.35. The van der Waals surface area contributed by atoms with E-state index in [1.165, 1.54) is 18.2 Å². The Labute approximate surface area is 141 Å². The molecule has 128 valence electrons. The number of ether oxygens (including phenoxy) is 1. The van der Waals surface area contributed by atoms with Gasteiger partial charge in [0.25, 0.3) is 0 Å². The molecule has 0 saturated carbocycles. The summed E-state index contributed by atoms with van der Waals surface area (Å²) in [6.45, 7) is -2.74. The molecule has 1 aromatic carbocycles. The van der Waals surface area contributed by atoms with Crippen LogP contribution in [0.3, 0.4) is 0 Å². The fourth-order valence-electron chi connectivity index (χ4n) is 2.22. The van der Waals surface area contributed by atoms with Crippen molar-refractivity contribution in [1.29, 1.82) is 0 Å². The van der Waals surface area contributed by atoms with E-state index in [1.54, 1.807) is 34.9 Å². The van der Waals surface area contributed by atoms with Gasteiger partial charge in [0, 0.05) is 17.8 Å². The number of amides is 1. The second kappa shape index (κ2) is 7.52. The monoisotopic (exact) mass is 344 g/mol. The average Bonchev–Trinajstić information content (AvgIpc) is 3.02. The predicted octanol–water partition coefficient (Wildman–Crippen LogP) is 2.66. The van der Waals surface area contributed by atoms with Crippen LogP contribution in [0.2, 0.25) is 0 Å². The molecule has 3 rings (SSSR count). The van der Waals surface area contributed by atoms with Gasteiger partial charge in [-0.15, -0.1) is 10.2 Å². The fraction of sp³-hybridized carbons (Fsp3) is 0.118. The predicted molar refractivity (Wildman–Crippen MR) is 86.9 cm³/mol. The molecule has 2 aromatic heterocycles. The average molecular weight is 344 g/mol. The van der Waals surface area contributed by atoms with E-state index < -0.39 is 6.61 Å². The molecule has 3 aromatic rings. The van der Waals surface area contributed by atoms with Crippen molar-refractivity contribution in [2.75, 3.05) is 0 Å². The van der Waals surface area contributed by atoms with E-state index in [4.69, 9.17) is 0 Å². The van der Waals surface area contributed by atoms with Crippen molar-refractivity contribution in [2.24, 2.45) is 0 Å². The van der Waals surface area contributed by atoms with Crippen molar-refractivity contribution < 1.29 is 18.3 Å². The van der Waals surface area contributed by atoms with Gasteiger partial charge in [-0.2, -0.15) is 8.78 Å². The molecular weight excluding hydrogens is 330 g/mol. The van der Waals surface area contributed by atoms with Crippen LogP contribution in [0, 0.1) is 0 Å². The number of carbonyl (C=O) groups excluding carboxylic acids is 1. The van der Waals surface area contributed by atoms with Crippen LogP contribution < -0.4 is 10.1 Å². The Morgan fingerprint density at radius 3 is 2.84 bits per heavy atom. The van der Waals surface area contributed by atoms with Gasteiger partial charge >= 0.3 is 6.61 Å². The lowest BCUT2D eigenvalue weighted by molar-refractivity contribution is -0.116. The number of alkyl halides is 2. The highest BCUT2D eigenvalue weighted by Crippen LogP contribution is 2.21. The normalized spacial score (nSPS) is 11.3. The minimum Gasteiger partial charge on any atom is -0.434 e. The van der Waals surface area contributed by atoms with E-state index in [-0.39, 0.29) is 18.2 Å². The summed E-state index contributed by atoms with van der Waals surface area (Å²) < 4.78 is 30.9. The zero-order valence-corrected chi connectivity index (χ0v) is 13.0. The lowest BCUT2D eigenvalue weighted by Crippen LogP contribution is -2.21. The third kappa shape index (κ3) is 4.17. The summed E-state index contributed by atoms with van der Waals surface area (Å²) in [5, 5.41) is 10.7. The summed E-state index contributed by atoms with van der Waals surface area (Å²) in [4.78, 5) is 11.9. The zero-order valence-electron chi connectivity index (χ0n) is 13.0. The van der Waals surface area contributed by atoms with Crippen LogP contribution in [0.1, 0.15) is 11.4 Å². The Bertz CT molecular complexity index is 908. The van der Waals surface area contributed by atoms with Gasteiger partial charge in [-0.1, -0.05) is 24.3 Å². The number of para-hydroxylation sites is 1. The maximum Gasteiger partial charge on any atom is 0.387 e. The lowest BCUT2D eigenvalue weighted by Gasteiger charge is -2.07. The van der Waals surface area contributed by atoms with Crippen molar-refractivity contribution in [1.82, 2.24) is 19.9 Å². The maximum atomic E-state index is 12.4. The molecular formula is C17H14F2N4O2. The lowest BCUT2D eigenvalue weighted by atomic mass is 10.2. The molecule has 8 heteroatoms. The summed E-state index contributed by atoms with van der Waals surface area (Å²) in [5.74, 6) is 0.198. The van der Waals surface area contributed by atoms with Gasteiger partial charge in [-0.25, -0.2) is 0 Å². The van der Waals surface area contributed by atoms with Gasteiger partial charge in [-0.3, -0.25) is 9.20 Å². The summed E-state index contributed by atoms with van der Waals surface area (Å²) in [5.41, 5.74) is 1.06. The smallest absolute Gasteiger partial charge is 0.387 e. The quantitative estimate of drug-likeness (QED) is 0.698. The summed E-state index contributed by atoms with van der Waals surface area (Å²) in [6, 6.07) is 11.7. The number of nitrogens with zero attached hydrogens (tertiary/aromatic N) is 3. The molecule has 0 spiro atoms. The second-order valence-electron chi connectivity index (χ2n) is 5.01. The highest BCUT2D eigenvalue weighted by Gasteiger charge is 2.08. The Morgan fingerprint density at radius 2 is 2.00 bits per heavy atom. The molecule has 25 heavy (non-hydrogen) atoms. The topological polar surface area (TPSA) is 68.5 Å². The minimum atomic E-state index is -2.93. The first-order chi connectivity index (χ1) is 12.1. The number of halogens is 2. The first-order valence-corrected chi connectivity index (χ1v) is 7.42. The van der Waals surface area contributed by atoms with Crippen LogP contribution in [0.25, 0.3) is 11.7 Å². The first-order valence-electron chi connectivity index (χ1n) is 7.42. The maximum absolute atomic E-state index is 12.4. The summed E-state index contributed by atoms with van der Waals surface area (Å²) in [7, 11) is 0. The zero-order chi connectivity index (χ0) is 17.6. The van der Waals surface area contributed by atoms with Crippen molar-refractivity contribution >= 4 is 17.6 Å². The number of benzene rings is 1. The second-order valence-corrected chi connectivity index (χ2v) is 5.01. The van der Waals surface area contributed by atoms with Crippen LogP contribution in [0.4, 0.5) is 8.78 Å². The molecule has 0 saturated heterocycles. The van der Waals surface area contributed by atoms with E-state index >= 15 is 0 Å². The molecule has 1 N–H and O–H groups in total. The summed E-state index contributed by atoms with van der Waals surface area (Å²) >= 11 is 0. The highest BCUT2D eigenvalue weighted by atomic mass is 19.3. The third-order valence-corrected chi connectivity index (χ3v) is 3.35. The number of aromatic nitrogens is 3. The SMILES string of the molecule is O=C(/C=C/c1ccccc1OC(F)F)NCc1nnc2ccccn12. The minimum absolute atomic E-state index is 0.00463. The van der Waals surface area contributed by atoms with E-state index in [0.29, 0.717) is 17.0 Å². The standard InChI is InChI=1S/C17H14F2N4O2/c18-17(19)25-13-6-2-1-5-12(13)8-9-16(24)20-11-15-22-21-14-7-3-4-10-23(14)15/h1-10,17H,11H2,(H,20,24)/b9-8+. The molecule has 0 bridgehead atoms. The number of carbonyl (C=O) groups is 1.